The number of nitrogens with zero attached hydrogens (tertiary/aromatic N) is 7. The van der Waals surface area contributed by atoms with E-state index in [1.807, 2.05) is 4.90 Å². The van der Waals surface area contributed by atoms with Crippen molar-refractivity contribution < 1.29 is 13.6 Å². The molecule has 1 saturated carbocycles. The van der Waals surface area contributed by atoms with Crippen molar-refractivity contribution in [3.63, 3.8) is 0 Å². The fraction of sp³-hybridized carbons (Fsp3) is 0.478. The molecule has 11 nitrogen and oxygen atoms in total. The zero-order valence-corrected chi connectivity index (χ0v) is 19.6. The average molecular weight is 498 g/mol. The lowest BCUT2D eigenvalue weighted by Crippen LogP contribution is -2.46. The highest BCUT2D eigenvalue weighted by molar-refractivity contribution is 5.79. The summed E-state index contributed by atoms with van der Waals surface area (Å²) in [6.45, 7) is 0.778. The van der Waals surface area contributed by atoms with Crippen LogP contribution in [-0.4, -0.2) is 59.2 Å². The molecule has 6 rings (SSSR count). The van der Waals surface area contributed by atoms with Crippen LogP contribution in [-0.2, 0) is 11.8 Å². The summed E-state index contributed by atoms with van der Waals surface area (Å²) in [7, 11) is 1.48. The van der Waals surface area contributed by atoms with Crippen molar-refractivity contribution in [2.24, 2.45) is 7.05 Å². The van der Waals surface area contributed by atoms with E-state index in [0.29, 0.717) is 17.7 Å². The van der Waals surface area contributed by atoms with Gasteiger partial charge in [-0.25, -0.2) is 18.6 Å². The van der Waals surface area contributed by atoms with E-state index in [1.165, 1.54) is 19.2 Å². The van der Waals surface area contributed by atoms with Gasteiger partial charge in [-0.15, -0.1) is 0 Å². The van der Waals surface area contributed by atoms with E-state index < -0.39 is 17.3 Å². The molecule has 4 heterocycles. The van der Waals surface area contributed by atoms with Crippen LogP contribution in [0.3, 0.4) is 0 Å². The molecular weight excluding hydrogens is 472 g/mol. The Balaban J connectivity index is 1.27. The fourth-order valence-electron chi connectivity index (χ4n) is 5.14. The topological polar surface area (TPSA) is 123 Å². The summed E-state index contributed by atoms with van der Waals surface area (Å²) in [5, 5.41) is 13.5. The molecule has 2 saturated heterocycles. The van der Waals surface area contributed by atoms with Crippen LogP contribution >= 0.6 is 0 Å². The SMILES string of the molecule is Cn1nnn(-c2cc(Nc3ncc(F)c(NC4CC(=O)N5CCCC5C4)n3)c(F)cc2C2CC2)c1=O. The maximum absolute atomic E-state index is 15.1. The molecular formula is C23H25F2N9O2. The standard InChI is InChI=1S/C23H25F2N9O2/c1-32-23(36)34(31-30-32)19-10-18(16(24)9-15(19)12-4-5-12)28-22-26-11-17(25)21(29-22)27-13-7-14-3-2-6-33(14)20(35)8-13/h9-14H,2-8H2,1H3,(H2,26,27,28,29). The number of amides is 1. The van der Waals surface area contributed by atoms with E-state index in [2.05, 4.69) is 31.0 Å². The highest BCUT2D eigenvalue weighted by Crippen LogP contribution is 2.44. The molecule has 3 aliphatic rings. The third-order valence-electron chi connectivity index (χ3n) is 7.09. The summed E-state index contributed by atoms with van der Waals surface area (Å²) in [4.78, 5) is 35.0. The molecule has 0 bridgehead atoms. The number of piperidine rings is 1. The maximum atomic E-state index is 15.1. The zero-order valence-electron chi connectivity index (χ0n) is 19.6. The summed E-state index contributed by atoms with van der Waals surface area (Å²) < 4.78 is 31.8. The van der Waals surface area contributed by atoms with Crippen molar-refractivity contribution in [3.8, 4) is 5.69 Å². The molecule has 188 valence electrons. The van der Waals surface area contributed by atoms with Crippen molar-refractivity contribution in [2.75, 3.05) is 17.2 Å². The van der Waals surface area contributed by atoms with Gasteiger partial charge in [0, 0.05) is 32.1 Å². The molecule has 1 amide bonds. The predicted molar refractivity (Wildman–Crippen MR) is 125 cm³/mol. The Morgan fingerprint density at radius 2 is 1.92 bits per heavy atom. The first-order valence-electron chi connectivity index (χ1n) is 12.1. The summed E-state index contributed by atoms with van der Waals surface area (Å²) >= 11 is 0. The van der Waals surface area contributed by atoms with Crippen LogP contribution in [0.2, 0.25) is 0 Å². The lowest BCUT2D eigenvalue weighted by atomic mass is 9.97. The van der Waals surface area contributed by atoms with Crippen LogP contribution in [0, 0.1) is 11.6 Å². The number of hydrogen-bond acceptors (Lipinski definition) is 8. The molecule has 0 spiro atoms. The zero-order chi connectivity index (χ0) is 25.0. The highest BCUT2D eigenvalue weighted by atomic mass is 19.1. The van der Waals surface area contributed by atoms with Gasteiger partial charge in [-0.2, -0.15) is 14.3 Å². The number of benzene rings is 1. The van der Waals surface area contributed by atoms with Crippen LogP contribution in [0.5, 0.6) is 0 Å². The maximum Gasteiger partial charge on any atom is 0.368 e. The van der Waals surface area contributed by atoms with Crippen LogP contribution < -0.4 is 16.3 Å². The minimum absolute atomic E-state index is 0.0129. The van der Waals surface area contributed by atoms with Crippen molar-refractivity contribution in [2.45, 2.75) is 56.5 Å². The molecule has 36 heavy (non-hydrogen) atoms. The minimum atomic E-state index is -0.668. The van der Waals surface area contributed by atoms with E-state index in [4.69, 9.17) is 0 Å². The molecule has 1 aromatic carbocycles. The quantitative estimate of drug-likeness (QED) is 0.532. The monoisotopic (exact) mass is 497 g/mol. The Morgan fingerprint density at radius 1 is 1.08 bits per heavy atom. The van der Waals surface area contributed by atoms with E-state index in [0.717, 1.165) is 47.8 Å². The highest BCUT2D eigenvalue weighted by Gasteiger charge is 2.37. The van der Waals surface area contributed by atoms with Gasteiger partial charge in [-0.3, -0.25) is 4.79 Å². The van der Waals surface area contributed by atoms with Gasteiger partial charge in [0.25, 0.3) is 0 Å². The molecule has 2 N–H and O–H groups in total. The van der Waals surface area contributed by atoms with E-state index >= 15 is 4.39 Å². The molecule has 1 aliphatic carbocycles. The Hall–Kier alpha value is -3.90. The molecule has 2 aromatic heterocycles. The Labute approximate surface area is 204 Å². The number of rotatable bonds is 6. The largest absolute Gasteiger partial charge is 0.368 e. The molecule has 2 aliphatic heterocycles. The number of hydrogen-bond donors (Lipinski definition) is 2. The smallest absolute Gasteiger partial charge is 0.364 e. The van der Waals surface area contributed by atoms with E-state index in [-0.39, 0.29) is 47.8 Å². The fourth-order valence-corrected chi connectivity index (χ4v) is 5.14. The van der Waals surface area contributed by atoms with Crippen LogP contribution in [0.4, 0.5) is 26.2 Å². The second-order valence-corrected chi connectivity index (χ2v) is 9.64. The number of fused-ring (bicyclic) bond motifs is 1. The Bertz CT molecular complexity index is 1400. The normalized spacial score (nSPS) is 21.5. The van der Waals surface area contributed by atoms with Crippen molar-refractivity contribution in [1.82, 2.24) is 34.7 Å². The molecule has 2 atom stereocenters. The predicted octanol–water partition coefficient (Wildman–Crippen LogP) is 2.22. The van der Waals surface area contributed by atoms with Crippen molar-refractivity contribution in [1.29, 1.82) is 0 Å². The summed E-state index contributed by atoms with van der Waals surface area (Å²) in [6, 6.07) is 2.75. The number of aromatic nitrogens is 6. The number of tetrazole rings is 1. The first kappa shape index (κ1) is 22.6. The number of aryl methyl sites for hydroxylation is 1. The Morgan fingerprint density at radius 3 is 2.67 bits per heavy atom. The number of carbonyl (C=O) groups is 1. The lowest BCUT2D eigenvalue weighted by Gasteiger charge is -2.35. The second kappa shape index (κ2) is 8.64. The summed E-state index contributed by atoms with van der Waals surface area (Å²) in [6.07, 6.45) is 5.68. The molecule has 3 fully saturated rings. The Kier molecular flexibility index (Phi) is 5.41. The summed E-state index contributed by atoms with van der Waals surface area (Å²) in [5.41, 5.74) is 0.647. The van der Waals surface area contributed by atoms with Gasteiger partial charge in [-0.05, 0) is 66.1 Å². The van der Waals surface area contributed by atoms with Crippen molar-refractivity contribution >= 4 is 23.4 Å². The van der Waals surface area contributed by atoms with Gasteiger partial charge in [0.15, 0.2) is 11.6 Å². The van der Waals surface area contributed by atoms with Crippen LogP contribution in [0.25, 0.3) is 5.69 Å². The third-order valence-corrected chi connectivity index (χ3v) is 7.09. The summed E-state index contributed by atoms with van der Waals surface area (Å²) in [5.74, 6) is -1.11. The number of carbonyl (C=O) groups excluding carboxylic acids is 1. The second-order valence-electron chi connectivity index (χ2n) is 9.64. The number of halogens is 2. The first-order valence-corrected chi connectivity index (χ1v) is 12.1. The lowest BCUT2D eigenvalue weighted by molar-refractivity contribution is -0.134. The van der Waals surface area contributed by atoms with Crippen molar-refractivity contribution in [3.05, 3.63) is 46.0 Å². The molecule has 2 unspecified atom stereocenters. The van der Waals surface area contributed by atoms with Gasteiger partial charge >= 0.3 is 5.69 Å². The molecule has 13 heteroatoms. The van der Waals surface area contributed by atoms with E-state index in [1.54, 1.807) is 0 Å². The molecule has 3 aromatic rings. The average Bonchev–Trinajstić information content (AvgIpc) is 3.49. The van der Waals surface area contributed by atoms with Crippen LogP contribution in [0.15, 0.2) is 23.1 Å². The van der Waals surface area contributed by atoms with Gasteiger partial charge < -0.3 is 15.5 Å². The van der Waals surface area contributed by atoms with Gasteiger partial charge in [-0.1, -0.05) is 0 Å². The minimum Gasteiger partial charge on any atom is -0.364 e. The molecule has 0 radical (unpaired) electrons. The number of nitrogens with one attached hydrogen (secondary N) is 2. The van der Waals surface area contributed by atoms with Gasteiger partial charge in [0.1, 0.15) is 5.82 Å². The van der Waals surface area contributed by atoms with Gasteiger partial charge in [0.2, 0.25) is 11.9 Å². The third kappa shape index (κ3) is 4.07. The van der Waals surface area contributed by atoms with Crippen LogP contribution in [0.1, 0.15) is 50.0 Å². The number of anilines is 3. The van der Waals surface area contributed by atoms with E-state index in [9.17, 15) is 14.0 Å². The first-order chi connectivity index (χ1) is 17.4. The van der Waals surface area contributed by atoms with Gasteiger partial charge in [0.05, 0.1) is 17.6 Å².